The molecule has 0 aliphatic rings. The average Bonchev–Trinajstić information content (AvgIpc) is 2.84. The molecule has 0 spiro atoms. The summed E-state index contributed by atoms with van der Waals surface area (Å²) >= 11 is 0. The van der Waals surface area contributed by atoms with E-state index >= 15 is 0 Å². The highest BCUT2D eigenvalue weighted by Gasteiger charge is 2.20. The Morgan fingerprint density at radius 1 is 0.438 bits per heavy atom. The molecule has 4 nitrogen and oxygen atoms in total. The Morgan fingerprint density at radius 2 is 0.812 bits per heavy atom. The SMILES string of the molecule is O=C(Oc1ccc2ccccc2c1)c1ccccc1C(=O)Oc1ccc2ccccc2c1. The van der Waals surface area contributed by atoms with Gasteiger partial charge in [0.2, 0.25) is 0 Å². The Labute approximate surface area is 184 Å². The van der Waals surface area contributed by atoms with Gasteiger partial charge in [-0.25, -0.2) is 9.59 Å². The molecule has 0 saturated carbocycles. The van der Waals surface area contributed by atoms with Gasteiger partial charge < -0.3 is 9.47 Å². The number of benzene rings is 5. The Balaban J connectivity index is 1.39. The summed E-state index contributed by atoms with van der Waals surface area (Å²) in [5.74, 6) is -0.421. The molecule has 32 heavy (non-hydrogen) atoms. The summed E-state index contributed by atoms with van der Waals surface area (Å²) in [6.07, 6.45) is 0. The fourth-order valence-electron chi connectivity index (χ4n) is 3.62. The van der Waals surface area contributed by atoms with Crippen LogP contribution in [0.5, 0.6) is 11.5 Å². The van der Waals surface area contributed by atoms with Crippen LogP contribution in [-0.2, 0) is 0 Å². The van der Waals surface area contributed by atoms with E-state index in [-0.39, 0.29) is 11.1 Å². The second-order valence-corrected chi connectivity index (χ2v) is 7.34. The van der Waals surface area contributed by atoms with Crippen molar-refractivity contribution < 1.29 is 19.1 Å². The quantitative estimate of drug-likeness (QED) is 0.249. The lowest BCUT2D eigenvalue weighted by Crippen LogP contribution is -2.17. The van der Waals surface area contributed by atoms with Crippen LogP contribution in [0.15, 0.2) is 109 Å². The summed E-state index contributed by atoms with van der Waals surface area (Å²) in [6, 6.07) is 32.9. The third kappa shape index (κ3) is 3.94. The van der Waals surface area contributed by atoms with Gasteiger partial charge in [-0.1, -0.05) is 72.8 Å². The first-order valence-electron chi connectivity index (χ1n) is 10.2. The van der Waals surface area contributed by atoms with E-state index in [4.69, 9.17) is 9.47 Å². The Morgan fingerprint density at radius 3 is 1.25 bits per heavy atom. The van der Waals surface area contributed by atoms with Gasteiger partial charge >= 0.3 is 11.9 Å². The molecule has 0 N–H and O–H groups in total. The van der Waals surface area contributed by atoms with Crippen molar-refractivity contribution in [3.63, 3.8) is 0 Å². The molecule has 0 aliphatic heterocycles. The third-order valence-electron chi connectivity index (χ3n) is 5.23. The highest BCUT2D eigenvalue weighted by molar-refractivity contribution is 6.04. The maximum Gasteiger partial charge on any atom is 0.344 e. The molecular weight excluding hydrogens is 400 g/mol. The molecule has 5 aromatic carbocycles. The van der Waals surface area contributed by atoms with Gasteiger partial charge in [0.05, 0.1) is 11.1 Å². The maximum absolute atomic E-state index is 12.9. The molecule has 0 aromatic heterocycles. The van der Waals surface area contributed by atoms with Crippen LogP contribution in [0, 0.1) is 0 Å². The number of carbonyl (C=O) groups is 2. The zero-order valence-electron chi connectivity index (χ0n) is 17.0. The first-order chi connectivity index (χ1) is 15.7. The molecule has 0 aliphatic carbocycles. The number of hydrogen-bond donors (Lipinski definition) is 0. The predicted molar refractivity (Wildman–Crippen MR) is 124 cm³/mol. The lowest BCUT2D eigenvalue weighted by atomic mass is 10.1. The minimum absolute atomic E-state index is 0.145. The lowest BCUT2D eigenvalue weighted by Gasteiger charge is -2.10. The van der Waals surface area contributed by atoms with Crippen LogP contribution in [0.3, 0.4) is 0 Å². The van der Waals surface area contributed by atoms with Crippen molar-refractivity contribution in [2.45, 2.75) is 0 Å². The normalized spacial score (nSPS) is 10.8. The second-order valence-electron chi connectivity index (χ2n) is 7.34. The molecule has 0 fully saturated rings. The number of fused-ring (bicyclic) bond motifs is 2. The van der Waals surface area contributed by atoms with Crippen LogP contribution < -0.4 is 9.47 Å². The van der Waals surface area contributed by atoms with E-state index in [1.54, 1.807) is 48.5 Å². The van der Waals surface area contributed by atoms with Crippen molar-refractivity contribution in [2.24, 2.45) is 0 Å². The zero-order valence-corrected chi connectivity index (χ0v) is 17.0. The van der Waals surface area contributed by atoms with Crippen LogP contribution in [-0.4, -0.2) is 11.9 Å². The number of hydrogen-bond acceptors (Lipinski definition) is 4. The van der Waals surface area contributed by atoms with Crippen LogP contribution in [0.4, 0.5) is 0 Å². The summed E-state index contributed by atoms with van der Waals surface area (Å²) in [5, 5.41) is 4.02. The first kappa shape index (κ1) is 19.5. The highest BCUT2D eigenvalue weighted by atomic mass is 16.5. The van der Waals surface area contributed by atoms with Crippen molar-refractivity contribution in [1.29, 1.82) is 0 Å². The number of carbonyl (C=O) groups excluding carboxylic acids is 2. The molecule has 4 heteroatoms. The summed E-state index contributed by atoms with van der Waals surface area (Å²) in [4.78, 5) is 25.7. The van der Waals surface area contributed by atoms with Crippen LogP contribution in [0.1, 0.15) is 20.7 Å². The highest BCUT2D eigenvalue weighted by Crippen LogP contribution is 2.24. The van der Waals surface area contributed by atoms with Gasteiger partial charge in [-0.15, -0.1) is 0 Å². The fraction of sp³-hybridized carbons (Fsp3) is 0. The minimum atomic E-state index is -0.619. The predicted octanol–water partition coefficient (Wildman–Crippen LogP) is 6.43. The lowest BCUT2D eigenvalue weighted by molar-refractivity contribution is 0.0692. The standard InChI is InChI=1S/C28H18O4/c29-27(31-23-15-13-19-7-1-3-9-21(19)17-23)25-11-5-6-12-26(25)28(30)32-24-16-14-20-8-2-4-10-22(20)18-24/h1-18H. The average molecular weight is 418 g/mol. The topological polar surface area (TPSA) is 52.6 Å². The van der Waals surface area contributed by atoms with E-state index in [1.165, 1.54) is 0 Å². The van der Waals surface area contributed by atoms with E-state index in [1.807, 2.05) is 60.7 Å². The van der Waals surface area contributed by atoms with Crippen molar-refractivity contribution in [2.75, 3.05) is 0 Å². The third-order valence-corrected chi connectivity index (χ3v) is 5.23. The van der Waals surface area contributed by atoms with Gasteiger partial charge in [-0.2, -0.15) is 0 Å². The summed E-state index contributed by atoms with van der Waals surface area (Å²) in [6.45, 7) is 0. The van der Waals surface area contributed by atoms with Crippen LogP contribution in [0.2, 0.25) is 0 Å². The molecule has 5 aromatic rings. The molecule has 0 saturated heterocycles. The smallest absolute Gasteiger partial charge is 0.344 e. The molecule has 0 radical (unpaired) electrons. The minimum Gasteiger partial charge on any atom is -0.423 e. The van der Waals surface area contributed by atoms with Gasteiger partial charge in [0, 0.05) is 0 Å². The second kappa shape index (κ2) is 8.36. The van der Waals surface area contributed by atoms with Gasteiger partial charge in [-0.05, 0) is 57.9 Å². The maximum atomic E-state index is 12.9. The largest absolute Gasteiger partial charge is 0.423 e. The summed E-state index contributed by atoms with van der Waals surface area (Å²) in [7, 11) is 0. The molecule has 5 rings (SSSR count). The van der Waals surface area contributed by atoms with Gasteiger partial charge in [0.1, 0.15) is 11.5 Å². The summed E-state index contributed by atoms with van der Waals surface area (Å²) < 4.78 is 11.1. The van der Waals surface area contributed by atoms with E-state index in [9.17, 15) is 9.59 Å². The molecule has 0 heterocycles. The van der Waals surface area contributed by atoms with Gasteiger partial charge in [-0.3, -0.25) is 0 Å². The van der Waals surface area contributed by atoms with E-state index in [2.05, 4.69) is 0 Å². The molecule has 0 unspecified atom stereocenters. The zero-order chi connectivity index (χ0) is 21.9. The fourth-order valence-corrected chi connectivity index (χ4v) is 3.62. The molecule has 0 amide bonds. The Kier molecular flexibility index (Phi) is 5.10. The van der Waals surface area contributed by atoms with E-state index in [0.29, 0.717) is 11.5 Å². The van der Waals surface area contributed by atoms with Crippen molar-refractivity contribution in [3.05, 3.63) is 120 Å². The molecule has 154 valence electrons. The van der Waals surface area contributed by atoms with Crippen LogP contribution >= 0.6 is 0 Å². The summed E-state index contributed by atoms with van der Waals surface area (Å²) in [5.41, 5.74) is 0.290. The van der Waals surface area contributed by atoms with E-state index in [0.717, 1.165) is 21.5 Å². The van der Waals surface area contributed by atoms with E-state index < -0.39 is 11.9 Å². The number of rotatable bonds is 4. The van der Waals surface area contributed by atoms with Crippen molar-refractivity contribution >= 4 is 33.5 Å². The van der Waals surface area contributed by atoms with Crippen molar-refractivity contribution in [1.82, 2.24) is 0 Å². The van der Waals surface area contributed by atoms with Gasteiger partial charge in [0.25, 0.3) is 0 Å². The molecular formula is C28H18O4. The Bertz CT molecular complexity index is 1360. The van der Waals surface area contributed by atoms with Crippen molar-refractivity contribution in [3.8, 4) is 11.5 Å². The molecule has 0 bridgehead atoms. The number of ether oxygens (including phenoxy) is 2. The Hall–Kier alpha value is -4.44. The number of esters is 2. The van der Waals surface area contributed by atoms with Crippen LogP contribution in [0.25, 0.3) is 21.5 Å². The molecule has 0 atom stereocenters. The first-order valence-corrected chi connectivity index (χ1v) is 10.2. The van der Waals surface area contributed by atoms with Gasteiger partial charge in [0.15, 0.2) is 0 Å². The monoisotopic (exact) mass is 418 g/mol.